The van der Waals surface area contributed by atoms with Crippen LogP contribution >= 0.6 is 0 Å². The van der Waals surface area contributed by atoms with Crippen molar-refractivity contribution in [2.75, 3.05) is 13.2 Å². The molecule has 6 nitrogen and oxygen atoms in total. The first-order chi connectivity index (χ1) is 43.5. The molecule has 1 amide bonds. The fraction of sp³-hybridized carbons (Fsp3) is 0.878. The van der Waals surface area contributed by atoms with Gasteiger partial charge in [-0.3, -0.25) is 9.59 Å². The Balaban J connectivity index is 3.34. The highest BCUT2D eigenvalue weighted by Gasteiger charge is 2.18. The molecule has 0 saturated heterocycles. The lowest BCUT2D eigenvalue weighted by molar-refractivity contribution is -0.143. The van der Waals surface area contributed by atoms with E-state index >= 15 is 0 Å². The summed E-state index contributed by atoms with van der Waals surface area (Å²) < 4.78 is 5.49. The van der Waals surface area contributed by atoms with Gasteiger partial charge < -0.3 is 20.3 Å². The highest BCUT2D eigenvalue weighted by atomic mass is 16.5. The van der Waals surface area contributed by atoms with Gasteiger partial charge in [0.2, 0.25) is 5.91 Å². The summed E-state index contributed by atoms with van der Waals surface area (Å²) in [4.78, 5) is 24.6. The minimum absolute atomic E-state index is 0.00855. The Kier molecular flexibility index (Phi) is 75.4. The average molecular weight is 1240 g/mol. The largest absolute Gasteiger partial charge is 0.466 e. The van der Waals surface area contributed by atoms with Gasteiger partial charge in [0.25, 0.3) is 0 Å². The number of esters is 1. The van der Waals surface area contributed by atoms with Crippen molar-refractivity contribution < 1.29 is 24.5 Å². The lowest BCUT2D eigenvalue weighted by Crippen LogP contribution is -2.45. The third kappa shape index (κ3) is 72.9. The van der Waals surface area contributed by atoms with Crippen molar-refractivity contribution in [3.05, 3.63) is 48.6 Å². The highest BCUT2D eigenvalue weighted by molar-refractivity contribution is 5.76. The molecule has 6 heteroatoms. The Morgan fingerprint density at radius 3 is 0.898 bits per heavy atom. The van der Waals surface area contributed by atoms with Gasteiger partial charge in [-0.05, 0) is 89.9 Å². The Hall–Kier alpha value is -2.18. The summed E-state index contributed by atoms with van der Waals surface area (Å²) in [7, 11) is 0. The molecule has 2 atom stereocenters. The molecule has 0 heterocycles. The van der Waals surface area contributed by atoms with Crippen LogP contribution in [0.1, 0.15) is 438 Å². The zero-order valence-electron chi connectivity index (χ0n) is 59.5. The summed E-state index contributed by atoms with van der Waals surface area (Å²) in [6.45, 7) is 4.91. The number of carbonyl (C=O) groups is 2. The van der Waals surface area contributed by atoms with Gasteiger partial charge in [0.05, 0.1) is 25.4 Å². The molecule has 0 bridgehead atoms. The second-order valence-electron chi connectivity index (χ2n) is 27.4. The maximum absolute atomic E-state index is 12.5. The molecular formula is C82H155NO5. The number of hydrogen-bond acceptors (Lipinski definition) is 5. The van der Waals surface area contributed by atoms with Crippen LogP contribution in [0.4, 0.5) is 0 Å². The second kappa shape index (κ2) is 77.3. The van der Waals surface area contributed by atoms with Crippen LogP contribution in [-0.4, -0.2) is 47.4 Å². The van der Waals surface area contributed by atoms with Crippen molar-refractivity contribution >= 4 is 11.9 Å². The van der Waals surface area contributed by atoms with E-state index in [1.165, 1.54) is 360 Å². The zero-order chi connectivity index (χ0) is 63.5. The van der Waals surface area contributed by atoms with Gasteiger partial charge >= 0.3 is 5.97 Å². The van der Waals surface area contributed by atoms with E-state index in [-0.39, 0.29) is 18.5 Å². The van der Waals surface area contributed by atoms with Crippen molar-refractivity contribution in [3.8, 4) is 0 Å². The Bertz CT molecular complexity index is 1470. The predicted octanol–water partition coefficient (Wildman–Crippen LogP) is 26.4. The van der Waals surface area contributed by atoms with Gasteiger partial charge in [0, 0.05) is 12.8 Å². The SMILES string of the molecule is CCCCC/C=C\C/C=C\CCCCCCCC(=O)OCCCCCCCCCCCCCCCCCCCC/C=C\CCCCCCCCCCCCCCCCCCCC(=O)NC(CO)C(O)/C=C/CCCCCCCCCCCCCCCCC. The summed E-state index contributed by atoms with van der Waals surface area (Å²) >= 11 is 0. The first kappa shape index (κ1) is 85.8. The fourth-order valence-electron chi connectivity index (χ4n) is 12.5. The van der Waals surface area contributed by atoms with Crippen molar-refractivity contribution in [2.24, 2.45) is 0 Å². The number of aliphatic hydroxyl groups is 2. The normalized spacial score (nSPS) is 12.7. The number of nitrogens with one attached hydrogen (secondary N) is 1. The third-order valence-electron chi connectivity index (χ3n) is 18.6. The van der Waals surface area contributed by atoms with Crippen LogP contribution in [0.25, 0.3) is 0 Å². The van der Waals surface area contributed by atoms with Crippen molar-refractivity contribution in [2.45, 2.75) is 450 Å². The first-order valence-corrected chi connectivity index (χ1v) is 39.9. The molecule has 0 aliphatic rings. The van der Waals surface area contributed by atoms with E-state index < -0.39 is 12.1 Å². The number of aliphatic hydroxyl groups excluding tert-OH is 2. The monoisotopic (exact) mass is 1230 g/mol. The molecule has 0 aromatic heterocycles. The quantitative estimate of drug-likeness (QED) is 0.0320. The zero-order valence-corrected chi connectivity index (χ0v) is 59.5. The highest BCUT2D eigenvalue weighted by Crippen LogP contribution is 2.19. The van der Waals surface area contributed by atoms with Crippen molar-refractivity contribution in [3.63, 3.8) is 0 Å². The number of ether oxygens (including phenoxy) is 1. The Morgan fingerprint density at radius 2 is 0.568 bits per heavy atom. The lowest BCUT2D eigenvalue weighted by atomic mass is 10.0. The number of hydrogen-bond donors (Lipinski definition) is 3. The van der Waals surface area contributed by atoms with E-state index in [0.717, 1.165) is 51.4 Å². The van der Waals surface area contributed by atoms with E-state index in [1.807, 2.05) is 6.08 Å². The summed E-state index contributed by atoms with van der Waals surface area (Å²) in [5, 5.41) is 23.2. The maximum Gasteiger partial charge on any atom is 0.305 e. The number of rotatable bonds is 75. The molecule has 3 N–H and O–H groups in total. The summed E-state index contributed by atoms with van der Waals surface area (Å²) in [5.41, 5.74) is 0. The molecule has 0 aromatic rings. The van der Waals surface area contributed by atoms with Crippen LogP contribution < -0.4 is 5.32 Å². The van der Waals surface area contributed by atoms with E-state index in [0.29, 0.717) is 19.4 Å². The van der Waals surface area contributed by atoms with Gasteiger partial charge in [-0.2, -0.15) is 0 Å². The van der Waals surface area contributed by atoms with Crippen molar-refractivity contribution in [1.29, 1.82) is 0 Å². The molecular weight excluding hydrogens is 1080 g/mol. The number of unbranched alkanes of at least 4 members (excludes halogenated alkanes) is 58. The van der Waals surface area contributed by atoms with Crippen LogP contribution in [0.2, 0.25) is 0 Å². The van der Waals surface area contributed by atoms with E-state index in [2.05, 4.69) is 55.6 Å². The fourth-order valence-corrected chi connectivity index (χ4v) is 12.5. The molecule has 88 heavy (non-hydrogen) atoms. The predicted molar refractivity (Wildman–Crippen MR) is 389 cm³/mol. The first-order valence-electron chi connectivity index (χ1n) is 39.9. The van der Waals surface area contributed by atoms with Crippen LogP contribution in [0.5, 0.6) is 0 Å². The summed E-state index contributed by atoms with van der Waals surface area (Å²) in [6, 6.07) is -0.625. The van der Waals surface area contributed by atoms with Gasteiger partial charge in [0.15, 0.2) is 0 Å². The van der Waals surface area contributed by atoms with E-state index in [4.69, 9.17) is 4.74 Å². The molecule has 0 saturated carbocycles. The molecule has 0 radical (unpaired) electrons. The molecule has 0 fully saturated rings. The van der Waals surface area contributed by atoms with Crippen LogP contribution in [0.15, 0.2) is 48.6 Å². The minimum atomic E-state index is -0.842. The summed E-state index contributed by atoms with van der Waals surface area (Å²) in [6.07, 6.45) is 102. The molecule has 2 unspecified atom stereocenters. The lowest BCUT2D eigenvalue weighted by Gasteiger charge is -2.20. The average Bonchev–Trinajstić information content (AvgIpc) is 3.58. The number of amides is 1. The molecule has 0 aliphatic heterocycles. The maximum atomic E-state index is 12.5. The molecule has 518 valence electrons. The van der Waals surface area contributed by atoms with Gasteiger partial charge in [0.1, 0.15) is 0 Å². The summed E-state index contributed by atoms with van der Waals surface area (Å²) in [5.74, 6) is -0.0519. The second-order valence-corrected chi connectivity index (χ2v) is 27.4. The molecule has 0 aliphatic carbocycles. The van der Waals surface area contributed by atoms with Crippen LogP contribution in [-0.2, 0) is 14.3 Å². The smallest absolute Gasteiger partial charge is 0.305 e. The molecule has 0 spiro atoms. The third-order valence-corrected chi connectivity index (χ3v) is 18.6. The minimum Gasteiger partial charge on any atom is -0.466 e. The Morgan fingerprint density at radius 1 is 0.318 bits per heavy atom. The van der Waals surface area contributed by atoms with Crippen LogP contribution in [0.3, 0.4) is 0 Å². The van der Waals surface area contributed by atoms with E-state index in [1.54, 1.807) is 6.08 Å². The van der Waals surface area contributed by atoms with Crippen LogP contribution in [0, 0.1) is 0 Å². The Labute approximate surface area is 550 Å². The van der Waals surface area contributed by atoms with Gasteiger partial charge in [-0.15, -0.1) is 0 Å². The number of carbonyl (C=O) groups excluding carboxylic acids is 2. The van der Waals surface area contributed by atoms with Gasteiger partial charge in [-0.25, -0.2) is 0 Å². The molecule has 0 aromatic carbocycles. The van der Waals surface area contributed by atoms with Crippen molar-refractivity contribution in [1.82, 2.24) is 5.32 Å². The standard InChI is InChI=1S/C82H155NO5/c1-3-5-7-9-11-13-15-17-19-43-47-50-54-58-62-66-70-74-80(85)79(78-84)83-81(86)75-71-67-63-59-55-51-48-44-41-39-37-35-33-31-29-27-25-23-21-20-22-24-26-28-30-32-34-36-38-40-42-45-49-53-57-61-65-69-73-77-88-82(87)76-72-68-64-60-56-52-46-18-16-14-12-10-8-6-4-2/h12,14,18,20-21,46,70,74,79-80,84-85H,3-11,13,15-17,19,22-45,47-69,71-73,75-78H2,1-2H3,(H,83,86)/b14-12-,21-20-,46-18-,74-70+. The van der Waals surface area contributed by atoms with E-state index in [9.17, 15) is 19.8 Å². The van der Waals surface area contributed by atoms with Gasteiger partial charge in [-0.1, -0.05) is 383 Å². The molecule has 0 rings (SSSR count). The number of allylic oxidation sites excluding steroid dienone is 7. The topological polar surface area (TPSA) is 95.9 Å².